The Hall–Kier alpha value is -0.200. The van der Waals surface area contributed by atoms with Crippen molar-refractivity contribution in [1.29, 1.82) is 0 Å². The van der Waals surface area contributed by atoms with E-state index in [0.717, 1.165) is 11.8 Å². The van der Waals surface area contributed by atoms with Crippen molar-refractivity contribution in [2.75, 3.05) is 0 Å². The van der Waals surface area contributed by atoms with Crippen LogP contribution < -0.4 is 0 Å². The monoisotopic (exact) mass is 195 g/mol. The van der Waals surface area contributed by atoms with Crippen molar-refractivity contribution in [2.45, 2.75) is 39.7 Å². The van der Waals surface area contributed by atoms with Crippen LogP contribution in [0.5, 0.6) is 0 Å². The maximum atomic E-state index is 4.68. The first-order valence-electron chi connectivity index (χ1n) is 5.14. The van der Waals surface area contributed by atoms with Gasteiger partial charge in [0.2, 0.25) is 0 Å². The van der Waals surface area contributed by atoms with E-state index in [1.54, 1.807) is 0 Å². The summed E-state index contributed by atoms with van der Waals surface area (Å²) in [6, 6.07) is 0.467. The molecule has 0 aromatic heterocycles. The number of hydrogen-bond donors (Lipinski definition) is 0. The van der Waals surface area contributed by atoms with Crippen molar-refractivity contribution >= 4 is 17.4 Å². The highest BCUT2D eigenvalue weighted by molar-refractivity contribution is 7.78. The lowest BCUT2D eigenvalue weighted by Gasteiger charge is -2.61. The van der Waals surface area contributed by atoms with Gasteiger partial charge in [-0.15, -0.1) is 0 Å². The number of thiocarbonyl (C=S) groups is 1. The Balaban J connectivity index is 2.16. The zero-order valence-corrected chi connectivity index (χ0v) is 9.40. The zero-order chi connectivity index (χ0) is 9.64. The van der Waals surface area contributed by atoms with Crippen LogP contribution in [0.1, 0.15) is 33.6 Å². The third kappa shape index (κ3) is 1.19. The fourth-order valence-electron chi connectivity index (χ4n) is 3.36. The van der Waals surface area contributed by atoms with Crippen LogP contribution in [0.15, 0.2) is 4.99 Å². The van der Waals surface area contributed by atoms with Crippen molar-refractivity contribution in [3.05, 3.63) is 0 Å². The lowest BCUT2D eigenvalue weighted by Crippen LogP contribution is -2.56. The minimum absolute atomic E-state index is 0.467. The first kappa shape index (κ1) is 9.36. The Labute approximate surface area is 85.6 Å². The highest BCUT2D eigenvalue weighted by atomic mass is 32.1. The quantitative estimate of drug-likeness (QED) is 0.462. The number of fused-ring (bicyclic) bond motifs is 2. The predicted molar refractivity (Wildman–Crippen MR) is 58.0 cm³/mol. The van der Waals surface area contributed by atoms with E-state index in [0.29, 0.717) is 17.4 Å². The summed E-state index contributed by atoms with van der Waals surface area (Å²) in [6.45, 7) is 7.13. The van der Waals surface area contributed by atoms with E-state index in [1.807, 2.05) is 0 Å². The summed E-state index contributed by atoms with van der Waals surface area (Å²) in [5, 5.41) is 2.54. The summed E-state index contributed by atoms with van der Waals surface area (Å²) in [4.78, 5) is 4.28. The molecule has 0 spiro atoms. The average molecular weight is 195 g/mol. The Bertz CT molecular complexity index is 265. The van der Waals surface area contributed by atoms with Crippen molar-refractivity contribution in [3.63, 3.8) is 0 Å². The summed E-state index contributed by atoms with van der Waals surface area (Å²) >= 11 is 4.68. The van der Waals surface area contributed by atoms with Gasteiger partial charge in [0, 0.05) is 0 Å². The number of hydrogen-bond acceptors (Lipinski definition) is 2. The van der Waals surface area contributed by atoms with Crippen LogP contribution in [0.25, 0.3) is 0 Å². The van der Waals surface area contributed by atoms with E-state index in [-0.39, 0.29) is 0 Å². The summed E-state index contributed by atoms with van der Waals surface area (Å²) in [5.41, 5.74) is 0.562. The average Bonchev–Trinajstić information content (AvgIpc) is 2.08. The Morgan fingerprint density at radius 1 is 1.38 bits per heavy atom. The van der Waals surface area contributed by atoms with E-state index in [9.17, 15) is 0 Å². The number of rotatable bonds is 1. The fourth-order valence-corrected chi connectivity index (χ4v) is 3.50. The Morgan fingerprint density at radius 2 is 2.08 bits per heavy atom. The molecule has 4 atom stereocenters. The highest BCUT2D eigenvalue weighted by Gasteiger charge is 2.56. The first-order chi connectivity index (χ1) is 6.07. The second kappa shape index (κ2) is 2.90. The SMILES string of the molecule is CC1C(N=C=S)CC2CC1C2(C)C. The van der Waals surface area contributed by atoms with Gasteiger partial charge >= 0.3 is 0 Å². The molecule has 1 nitrogen and oxygen atoms in total. The van der Waals surface area contributed by atoms with Gasteiger partial charge in [-0.3, -0.25) is 0 Å². The van der Waals surface area contributed by atoms with Crippen LogP contribution in [-0.4, -0.2) is 11.2 Å². The van der Waals surface area contributed by atoms with Crippen LogP contribution in [0.3, 0.4) is 0 Å². The molecule has 3 rings (SSSR count). The number of aliphatic imine (C=N–C) groups is 1. The third-order valence-electron chi connectivity index (χ3n) is 4.53. The van der Waals surface area contributed by atoms with E-state index in [2.05, 4.69) is 43.1 Å². The van der Waals surface area contributed by atoms with Crippen LogP contribution in [0, 0.1) is 23.2 Å². The van der Waals surface area contributed by atoms with Crippen LogP contribution in [-0.2, 0) is 0 Å². The van der Waals surface area contributed by atoms with Crippen molar-refractivity contribution in [2.24, 2.45) is 28.2 Å². The van der Waals surface area contributed by atoms with Gasteiger partial charge in [-0.25, -0.2) is 4.99 Å². The first-order valence-corrected chi connectivity index (χ1v) is 5.55. The van der Waals surface area contributed by atoms with Gasteiger partial charge in [-0.05, 0) is 48.2 Å². The van der Waals surface area contributed by atoms with Crippen LogP contribution in [0.4, 0.5) is 0 Å². The fraction of sp³-hybridized carbons (Fsp3) is 0.909. The molecule has 13 heavy (non-hydrogen) atoms. The molecule has 2 bridgehead atoms. The van der Waals surface area contributed by atoms with Crippen LogP contribution in [0.2, 0.25) is 0 Å². The molecule has 0 aromatic carbocycles. The molecule has 3 aliphatic carbocycles. The van der Waals surface area contributed by atoms with Gasteiger partial charge in [-0.2, -0.15) is 0 Å². The molecule has 0 aromatic rings. The van der Waals surface area contributed by atoms with E-state index in [1.165, 1.54) is 12.8 Å². The summed E-state index contributed by atoms with van der Waals surface area (Å²) < 4.78 is 0. The van der Waals surface area contributed by atoms with Gasteiger partial charge in [-0.1, -0.05) is 20.8 Å². The predicted octanol–water partition coefficient (Wildman–Crippen LogP) is 3.16. The third-order valence-corrected chi connectivity index (χ3v) is 4.64. The zero-order valence-electron chi connectivity index (χ0n) is 8.58. The molecule has 4 unspecified atom stereocenters. The molecule has 0 saturated heterocycles. The molecule has 0 aliphatic heterocycles. The van der Waals surface area contributed by atoms with Crippen molar-refractivity contribution in [1.82, 2.24) is 0 Å². The topological polar surface area (TPSA) is 12.4 Å². The van der Waals surface area contributed by atoms with Gasteiger partial charge in [0.25, 0.3) is 0 Å². The molecule has 2 heteroatoms. The number of isothiocyanates is 1. The Kier molecular flexibility index (Phi) is 2.08. The minimum Gasteiger partial charge on any atom is -0.229 e. The second-order valence-corrected chi connectivity index (χ2v) is 5.43. The molecule has 0 heterocycles. The molecule has 3 fully saturated rings. The molecule has 3 aliphatic rings. The lowest BCUT2D eigenvalue weighted by molar-refractivity contribution is -0.108. The normalized spacial score (nSPS) is 46.1. The molecular weight excluding hydrogens is 178 g/mol. The molecular formula is C11H17NS. The van der Waals surface area contributed by atoms with Gasteiger partial charge in [0.05, 0.1) is 11.2 Å². The minimum atomic E-state index is 0.467. The molecule has 3 saturated carbocycles. The van der Waals surface area contributed by atoms with E-state index in [4.69, 9.17) is 0 Å². The van der Waals surface area contributed by atoms with Crippen molar-refractivity contribution in [3.8, 4) is 0 Å². The van der Waals surface area contributed by atoms with Gasteiger partial charge in [0.1, 0.15) is 0 Å². The molecule has 0 radical (unpaired) electrons. The summed E-state index contributed by atoms with van der Waals surface area (Å²) in [7, 11) is 0. The standard InChI is InChI=1S/C11H17NS/c1-7-9-4-8(11(9,2)3)5-10(7)12-6-13/h7-10H,4-5H2,1-3H3. The second-order valence-electron chi connectivity index (χ2n) is 5.24. The summed E-state index contributed by atoms with van der Waals surface area (Å²) in [6.07, 6.45) is 2.64. The Morgan fingerprint density at radius 3 is 2.54 bits per heavy atom. The molecule has 0 N–H and O–H groups in total. The van der Waals surface area contributed by atoms with Gasteiger partial charge < -0.3 is 0 Å². The smallest absolute Gasteiger partial charge is 0.0634 e. The lowest BCUT2D eigenvalue weighted by atomic mass is 9.45. The largest absolute Gasteiger partial charge is 0.229 e. The van der Waals surface area contributed by atoms with Crippen LogP contribution >= 0.6 is 12.2 Å². The molecule has 72 valence electrons. The maximum absolute atomic E-state index is 4.68. The molecule has 0 amide bonds. The van der Waals surface area contributed by atoms with E-state index < -0.39 is 0 Å². The van der Waals surface area contributed by atoms with E-state index >= 15 is 0 Å². The number of nitrogens with zero attached hydrogens (tertiary/aromatic N) is 1. The highest BCUT2D eigenvalue weighted by Crippen LogP contribution is 2.61. The maximum Gasteiger partial charge on any atom is 0.0634 e. The van der Waals surface area contributed by atoms with Crippen molar-refractivity contribution < 1.29 is 0 Å². The van der Waals surface area contributed by atoms with Gasteiger partial charge in [0.15, 0.2) is 0 Å². The summed E-state index contributed by atoms with van der Waals surface area (Å²) in [5.74, 6) is 2.45.